The molecule has 0 spiro atoms. The molecule has 0 heterocycles. The van der Waals surface area contributed by atoms with Crippen LogP contribution in [0.25, 0.3) is 0 Å². The minimum atomic E-state index is -0.0841. The Morgan fingerprint density at radius 1 is 1.27 bits per heavy atom. The number of nitrogens with one attached hydrogen (secondary N) is 1. The molecule has 88 valence electrons. The lowest BCUT2D eigenvalue weighted by Gasteiger charge is -2.35. The van der Waals surface area contributed by atoms with Gasteiger partial charge in [-0.05, 0) is 23.3 Å². The second kappa shape index (κ2) is 4.82. The highest BCUT2D eigenvalue weighted by molar-refractivity contribution is 5.87. The SMILES string of the molecule is C=CC(=O)NC(CC(C)(C)C)C(C)(C)C. The molecule has 0 aliphatic carbocycles. The van der Waals surface area contributed by atoms with E-state index < -0.39 is 0 Å². The van der Waals surface area contributed by atoms with Gasteiger partial charge in [-0.15, -0.1) is 0 Å². The van der Waals surface area contributed by atoms with Crippen molar-refractivity contribution in [2.75, 3.05) is 0 Å². The highest BCUT2D eigenvalue weighted by Crippen LogP contribution is 2.30. The highest BCUT2D eigenvalue weighted by atomic mass is 16.1. The van der Waals surface area contributed by atoms with Gasteiger partial charge in [0.25, 0.3) is 0 Å². The maximum atomic E-state index is 11.3. The van der Waals surface area contributed by atoms with Gasteiger partial charge in [-0.1, -0.05) is 48.1 Å². The van der Waals surface area contributed by atoms with Crippen LogP contribution in [0.4, 0.5) is 0 Å². The lowest BCUT2D eigenvalue weighted by atomic mass is 9.77. The fourth-order valence-electron chi connectivity index (χ4n) is 1.42. The van der Waals surface area contributed by atoms with E-state index in [2.05, 4.69) is 53.4 Å². The molecule has 0 aromatic heterocycles. The van der Waals surface area contributed by atoms with Crippen molar-refractivity contribution in [1.29, 1.82) is 0 Å². The summed E-state index contributed by atoms with van der Waals surface area (Å²) in [7, 11) is 0. The third-order valence-corrected chi connectivity index (χ3v) is 2.36. The smallest absolute Gasteiger partial charge is 0.243 e. The van der Waals surface area contributed by atoms with Crippen LogP contribution in [0.3, 0.4) is 0 Å². The third kappa shape index (κ3) is 6.32. The van der Waals surface area contributed by atoms with Crippen LogP contribution in [0.2, 0.25) is 0 Å². The molecule has 0 aliphatic rings. The van der Waals surface area contributed by atoms with E-state index in [0.717, 1.165) is 6.42 Å². The van der Waals surface area contributed by atoms with E-state index in [4.69, 9.17) is 0 Å². The molecule has 15 heavy (non-hydrogen) atoms. The molecule has 0 rings (SSSR count). The second-order valence-corrected chi connectivity index (χ2v) is 6.40. The van der Waals surface area contributed by atoms with Gasteiger partial charge in [0, 0.05) is 6.04 Å². The number of carbonyl (C=O) groups is 1. The summed E-state index contributed by atoms with van der Waals surface area (Å²) in [4.78, 5) is 11.3. The summed E-state index contributed by atoms with van der Waals surface area (Å²) < 4.78 is 0. The molecule has 1 unspecified atom stereocenters. The minimum absolute atomic E-state index is 0.0753. The first kappa shape index (κ1) is 14.2. The lowest BCUT2D eigenvalue weighted by Crippen LogP contribution is -2.45. The molecular formula is C13H25NO. The normalized spacial score (nSPS) is 14.5. The number of hydrogen-bond acceptors (Lipinski definition) is 1. The Morgan fingerprint density at radius 3 is 2.00 bits per heavy atom. The van der Waals surface area contributed by atoms with Crippen LogP contribution < -0.4 is 5.32 Å². The van der Waals surface area contributed by atoms with Crippen LogP contribution in [-0.4, -0.2) is 11.9 Å². The Balaban J connectivity index is 4.61. The Labute approximate surface area is 94.1 Å². The quantitative estimate of drug-likeness (QED) is 0.714. The number of amides is 1. The molecule has 0 fully saturated rings. The van der Waals surface area contributed by atoms with Gasteiger partial charge in [-0.3, -0.25) is 4.79 Å². The molecule has 0 aromatic rings. The third-order valence-electron chi connectivity index (χ3n) is 2.36. The number of hydrogen-bond donors (Lipinski definition) is 1. The number of rotatable bonds is 3. The summed E-state index contributed by atoms with van der Waals surface area (Å²) in [6.07, 6.45) is 2.30. The summed E-state index contributed by atoms with van der Waals surface area (Å²) in [6.45, 7) is 16.5. The molecule has 0 aromatic carbocycles. The summed E-state index contributed by atoms with van der Waals surface area (Å²) in [5.74, 6) is -0.0841. The molecule has 0 saturated heterocycles. The Kier molecular flexibility index (Phi) is 4.57. The van der Waals surface area contributed by atoms with Gasteiger partial charge in [0.2, 0.25) is 5.91 Å². The Morgan fingerprint density at radius 2 is 1.73 bits per heavy atom. The van der Waals surface area contributed by atoms with Crippen molar-refractivity contribution in [3.8, 4) is 0 Å². The van der Waals surface area contributed by atoms with E-state index in [1.807, 2.05) is 0 Å². The average Bonchev–Trinajstić information content (AvgIpc) is 1.98. The summed E-state index contributed by atoms with van der Waals surface area (Å²) in [5.41, 5.74) is 0.290. The largest absolute Gasteiger partial charge is 0.349 e. The second-order valence-electron chi connectivity index (χ2n) is 6.40. The first-order valence-corrected chi connectivity index (χ1v) is 5.49. The Bertz CT molecular complexity index is 230. The van der Waals surface area contributed by atoms with Crippen LogP contribution in [-0.2, 0) is 4.79 Å². The van der Waals surface area contributed by atoms with Gasteiger partial charge in [0.1, 0.15) is 0 Å². The standard InChI is InChI=1S/C13H25NO/c1-8-11(15)14-10(13(5,6)7)9-12(2,3)4/h8,10H,1,9H2,2-7H3,(H,14,15). The van der Waals surface area contributed by atoms with Gasteiger partial charge in [-0.25, -0.2) is 0 Å². The van der Waals surface area contributed by atoms with E-state index in [0.29, 0.717) is 0 Å². The van der Waals surface area contributed by atoms with Gasteiger partial charge in [-0.2, -0.15) is 0 Å². The van der Waals surface area contributed by atoms with E-state index in [1.165, 1.54) is 6.08 Å². The van der Waals surface area contributed by atoms with Gasteiger partial charge >= 0.3 is 0 Å². The molecule has 1 atom stereocenters. The van der Waals surface area contributed by atoms with Gasteiger partial charge in [0.15, 0.2) is 0 Å². The van der Waals surface area contributed by atoms with Crippen molar-refractivity contribution in [3.63, 3.8) is 0 Å². The molecule has 2 heteroatoms. The predicted octanol–water partition coefficient (Wildman–Crippen LogP) is 3.14. The average molecular weight is 211 g/mol. The summed E-state index contributed by atoms with van der Waals surface area (Å²) in [5, 5.41) is 3.01. The fourth-order valence-corrected chi connectivity index (χ4v) is 1.42. The molecule has 1 N–H and O–H groups in total. The van der Waals surface area contributed by atoms with Crippen LogP contribution >= 0.6 is 0 Å². The molecular weight excluding hydrogens is 186 g/mol. The van der Waals surface area contributed by atoms with E-state index in [1.54, 1.807) is 0 Å². The molecule has 0 aliphatic heterocycles. The zero-order valence-electron chi connectivity index (χ0n) is 11.0. The van der Waals surface area contributed by atoms with Crippen molar-refractivity contribution in [1.82, 2.24) is 5.32 Å². The fraction of sp³-hybridized carbons (Fsp3) is 0.769. The van der Waals surface area contributed by atoms with Gasteiger partial charge in [0.05, 0.1) is 0 Å². The van der Waals surface area contributed by atoms with Crippen LogP contribution in [0, 0.1) is 10.8 Å². The van der Waals surface area contributed by atoms with E-state index in [-0.39, 0.29) is 22.8 Å². The van der Waals surface area contributed by atoms with Crippen molar-refractivity contribution >= 4 is 5.91 Å². The maximum Gasteiger partial charge on any atom is 0.243 e. The summed E-state index contributed by atoms with van der Waals surface area (Å²) >= 11 is 0. The van der Waals surface area contributed by atoms with Crippen LogP contribution in [0.15, 0.2) is 12.7 Å². The van der Waals surface area contributed by atoms with E-state index >= 15 is 0 Å². The number of carbonyl (C=O) groups excluding carboxylic acids is 1. The Hall–Kier alpha value is -0.790. The van der Waals surface area contributed by atoms with E-state index in [9.17, 15) is 4.79 Å². The maximum absolute atomic E-state index is 11.3. The zero-order valence-corrected chi connectivity index (χ0v) is 11.0. The zero-order chi connectivity index (χ0) is 12.3. The van der Waals surface area contributed by atoms with Crippen molar-refractivity contribution in [2.45, 2.75) is 54.0 Å². The topological polar surface area (TPSA) is 29.1 Å². The molecule has 0 radical (unpaired) electrons. The minimum Gasteiger partial charge on any atom is -0.349 e. The molecule has 0 saturated carbocycles. The van der Waals surface area contributed by atoms with Crippen LogP contribution in [0.1, 0.15) is 48.0 Å². The van der Waals surface area contributed by atoms with Crippen molar-refractivity contribution in [3.05, 3.63) is 12.7 Å². The highest BCUT2D eigenvalue weighted by Gasteiger charge is 2.29. The van der Waals surface area contributed by atoms with Crippen LogP contribution in [0.5, 0.6) is 0 Å². The van der Waals surface area contributed by atoms with Crippen molar-refractivity contribution in [2.24, 2.45) is 10.8 Å². The molecule has 1 amide bonds. The monoisotopic (exact) mass is 211 g/mol. The predicted molar refractivity (Wildman–Crippen MR) is 65.7 cm³/mol. The first-order chi connectivity index (χ1) is 6.56. The molecule has 0 bridgehead atoms. The van der Waals surface area contributed by atoms with Crippen molar-refractivity contribution < 1.29 is 4.79 Å². The van der Waals surface area contributed by atoms with Gasteiger partial charge < -0.3 is 5.32 Å². The summed E-state index contributed by atoms with van der Waals surface area (Å²) in [6, 6.07) is 0.183. The lowest BCUT2D eigenvalue weighted by molar-refractivity contribution is -0.118. The molecule has 2 nitrogen and oxygen atoms in total. The first-order valence-electron chi connectivity index (χ1n) is 5.49.